The van der Waals surface area contributed by atoms with Gasteiger partial charge in [0.25, 0.3) is 0 Å². The summed E-state index contributed by atoms with van der Waals surface area (Å²) in [5.74, 6) is -2.53. The Kier molecular flexibility index (Phi) is 8.21. The molecular formula is C17H29N3O8. The third-order valence-electron chi connectivity index (χ3n) is 3.93. The lowest BCUT2D eigenvalue weighted by Crippen LogP contribution is -2.50. The molecule has 1 rings (SSSR count). The first-order valence-corrected chi connectivity index (χ1v) is 8.66. The van der Waals surface area contributed by atoms with E-state index in [4.69, 9.17) is 19.9 Å². The predicted molar refractivity (Wildman–Crippen MR) is 98.4 cm³/mol. The van der Waals surface area contributed by atoms with Crippen molar-refractivity contribution in [2.75, 3.05) is 13.7 Å². The van der Waals surface area contributed by atoms with Gasteiger partial charge >= 0.3 is 12.1 Å². The maximum Gasteiger partial charge on any atom is 0.414 e. The van der Waals surface area contributed by atoms with E-state index in [0.717, 1.165) is 0 Å². The van der Waals surface area contributed by atoms with Crippen molar-refractivity contribution in [1.82, 2.24) is 5.32 Å². The van der Waals surface area contributed by atoms with Gasteiger partial charge < -0.3 is 35.3 Å². The van der Waals surface area contributed by atoms with Crippen LogP contribution >= 0.6 is 0 Å². The summed E-state index contributed by atoms with van der Waals surface area (Å²) in [5, 5.41) is 30.7. The van der Waals surface area contributed by atoms with E-state index in [9.17, 15) is 24.9 Å². The highest BCUT2D eigenvalue weighted by Crippen LogP contribution is 2.30. The Hall–Kier alpha value is -2.37. The Balaban J connectivity index is 3.09. The van der Waals surface area contributed by atoms with Crippen LogP contribution in [0.25, 0.3) is 0 Å². The quantitative estimate of drug-likeness (QED) is 0.291. The number of aliphatic imine (C=N–C) groups is 1. The molecule has 0 aromatic heterocycles. The number of hydrogen-bond acceptors (Lipinski definition) is 8. The van der Waals surface area contributed by atoms with Crippen molar-refractivity contribution in [3.63, 3.8) is 0 Å². The Labute approximate surface area is 163 Å². The maximum absolute atomic E-state index is 11.8. The average molecular weight is 403 g/mol. The Bertz CT molecular complexity index is 628. The normalized spacial score (nSPS) is 25.2. The molecule has 0 aromatic rings. The van der Waals surface area contributed by atoms with Crippen LogP contribution in [0.1, 0.15) is 27.7 Å². The minimum Gasteiger partial charge on any atom is -0.480 e. The van der Waals surface area contributed by atoms with E-state index in [0.29, 0.717) is 0 Å². The van der Waals surface area contributed by atoms with Gasteiger partial charge in [0, 0.05) is 13.0 Å². The predicted octanol–water partition coefficient (Wildman–Crippen LogP) is -0.434. The molecular weight excluding hydrogens is 374 g/mol. The standard InChI is InChI=1S/C17H29N3O8/c1-8-9(19-15(18)20-16(25)28-17(2,3)4)6-11(14(23)24)27-12(8)13(26-5)10(22)7-21/h6,8-10,12-13,21-22H,7H2,1-5H3,(H,23,24)(H3,18,19,20,25)/t8-,9+,10-,12-,13-/m1/s1. The van der Waals surface area contributed by atoms with Gasteiger partial charge in [0.2, 0.25) is 5.76 Å². The van der Waals surface area contributed by atoms with Crippen LogP contribution in [0.2, 0.25) is 0 Å². The highest BCUT2D eigenvalue weighted by Gasteiger charge is 2.41. The molecule has 0 bridgehead atoms. The summed E-state index contributed by atoms with van der Waals surface area (Å²) < 4.78 is 15.7. The fraction of sp³-hybridized carbons (Fsp3) is 0.706. The molecule has 1 amide bonds. The van der Waals surface area contributed by atoms with Crippen LogP contribution in [0.3, 0.4) is 0 Å². The molecule has 5 atom stereocenters. The van der Waals surface area contributed by atoms with Crippen molar-refractivity contribution >= 4 is 18.0 Å². The number of hydrogen-bond donors (Lipinski definition) is 5. The first-order chi connectivity index (χ1) is 12.9. The fourth-order valence-electron chi connectivity index (χ4n) is 2.65. The summed E-state index contributed by atoms with van der Waals surface area (Å²) in [6.45, 7) is 6.14. The zero-order valence-electron chi connectivity index (χ0n) is 16.6. The van der Waals surface area contributed by atoms with E-state index in [1.165, 1.54) is 13.2 Å². The van der Waals surface area contributed by atoms with Crippen LogP contribution in [-0.2, 0) is 19.0 Å². The van der Waals surface area contributed by atoms with Crippen molar-refractivity contribution in [3.05, 3.63) is 11.8 Å². The highest BCUT2D eigenvalue weighted by molar-refractivity contribution is 5.93. The molecule has 11 nitrogen and oxygen atoms in total. The number of carbonyl (C=O) groups excluding carboxylic acids is 1. The second kappa shape index (κ2) is 9.71. The van der Waals surface area contributed by atoms with E-state index in [-0.39, 0.29) is 5.96 Å². The van der Waals surface area contributed by atoms with E-state index >= 15 is 0 Å². The number of guanidine groups is 1. The van der Waals surface area contributed by atoms with Gasteiger partial charge in [0.15, 0.2) is 5.96 Å². The fourth-order valence-corrected chi connectivity index (χ4v) is 2.65. The first-order valence-electron chi connectivity index (χ1n) is 8.66. The van der Waals surface area contributed by atoms with E-state index in [1.807, 2.05) is 0 Å². The van der Waals surface area contributed by atoms with Gasteiger partial charge in [-0.05, 0) is 26.8 Å². The zero-order chi connectivity index (χ0) is 21.6. The molecule has 0 saturated heterocycles. The number of aliphatic hydroxyl groups excluding tert-OH is 2. The Morgan fingerprint density at radius 1 is 1.43 bits per heavy atom. The molecule has 160 valence electrons. The second-order valence-corrected chi connectivity index (χ2v) is 7.36. The molecule has 0 aliphatic carbocycles. The largest absolute Gasteiger partial charge is 0.480 e. The summed E-state index contributed by atoms with van der Waals surface area (Å²) in [4.78, 5) is 27.3. The molecule has 0 saturated carbocycles. The third-order valence-corrected chi connectivity index (χ3v) is 3.93. The van der Waals surface area contributed by atoms with E-state index in [1.54, 1.807) is 27.7 Å². The minimum atomic E-state index is -1.34. The lowest BCUT2D eigenvalue weighted by molar-refractivity contribution is -0.150. The van der Waals surface area contributed by atoms with Crippen LogP contribution in [0.4, 0.5) is 4.79 Å². The molecule has 1 aliphatic rings. The van der Waals surface area contributed by atoms with Gasteiger partial charge in [-0.25, -0.2) is 14.6 Å². The number of nitrogens with zero attached hydrogens (tertiary/aromatic N) is 1. The number of carboxylic acids is 1. The number of amides is 1. The molecule has 0 fully saturated rings. The molecule has 0 aromatic carbocycles. The molecule has 6 N–H and O–H groups in total. The number of rotatable bonds is 6. The van der Waals surface area contributed by atoms with Crippen LogP contribution in [0.15, 0.2) is 16.8 Å². The smallest absolute Gasteiger partial charge is 0.414 e. The van der Waals surface area contributed by atoms with Gasteiger partial charge in [-0.3, -0.25) is 5.32 Å². The Morgan fingerprint density at radius 2 is 2.04 bits per heavy atom. The molecule has 11 heteroatoms. The zero-order valence-corrected chi connectivity index (χ0v) is 16.6. The minimum absolute atomic E-state index is 0.274. The monoisotopic (exact) mass is 403 g/mol. The molecule has 28 heavy (non-hydrogen) atoms. The molecule has 0 spiro atoms. The topological polar surface area (TPSA) is 173 Å². The molecule has 0 radical (unpaired) electrons. The van der Waals surface area contributed by atoms with Crippen molar-refractivity contribution < 1.29 is 39.1 Å². The number of nitrogens with one attached hydrogen (secondary N) is 1. The van der Waals surface area contributed by atoms with Crippen LogP contribution < -0.4 is 11.1 Å². The summed E-state index contributed by atoms with van der Waals surface area (Å²) >= 11 is 0. The van der Waals surface area contributed by atoms with Gasteiger partial charge in [0.1, 0.15) is 23.9 Å². The van der Waals surface area contributed by atoms with Gasteiger partial charge in [-0.15, -0.1) is 0 Å². The van der Waals surface area contributed by atoms with E-state index < -0.39 is 60.3 Å². The van der Waals surface area contributed by atoms with Crippen molar-refractivity contribution in [2.24, 2.45) is 16.6 Å². The summed E-state index contributed by atoms with van der Waals surface area (Å²) in [6, 6.07) is -0.802. The Morgan fingerprint density at radius 3 is 2.50 bits per heavy atom. The number of aliphatic carboxylic acids is 1. The maximum atomic E-state index is 11.8. The third kappa shape index (κ3) is 6.66. The first kappa shape index (κ1) is 23.7. The summed E-state index contributed by atoms with van der Waals surface area (Å²) in [6.07, 6.45) is -2.82. The number of alkyl carbamates (subject to hydrolysis) is 1. The average Bonchev–Trinajstić information content (AvgIpc) is 2.55. The number of nitrogens with two attached hydrogens (primary N) is 1. The SMILES string of the molecule is CO[C@@H]([C@@H]1OC(C(=O)O)=C[C@H](N=C(N)NC(=O)OC(C)(C)C)[C@H]1C)[C@H](O)CO. The van der Waals surface area contributed by atoms with Crippen molar-refractivity contribution in [1.29, 1.82) is 0 Å². The number of ether oxygens (including phenoxy) is 3. The molecule has 1 heterocycles. The number of carboxylic acid groups (broad SMARTS) is 1. The van der Waals surface area contributed by atoms with Gasteiger partial charge in [0.05, 0.1) is 12.6 Å². The van der Waals surface area contributed by atoms with Crippen LogP contribution in [-0.4, -0.2) is 77.0 Å². The number of methoxy groups -OCH3 is 1. The molecule has 0 unspecified atom stereocenters. The lowest BCUT2D eigenvalue weighted by atomic mass is 9.87. The van der Waals surface area contributed by atoms with Gasteiger partial charge in [-0.2, -0.15) is 0 Å². The lowest BCUT2D eigenvalue weighted by Gasteiger charge is -2.38. The second-order valence-electron chi connectivity index (χ2n) is 7.36. The molecule has 1 aliphatic heterocycles. The van der Waals surface area contributed by atoms with E-state index in [2.05, 4.69) is 10.3 Å². The van der Waals surface area contributed by atoms with Gasteiger partial charge in [-0.1, -0.05) is 6.92 Å². The van der Waals surface area contributed by atoms with Crippen LogP contribution in [0, 0.1) is 5.92 Å². The highest BCUT2D eigenvalue weighted by atomic mass is 16.6. The summed E-state index contributed by atoms with van der Waals surface area (Å²) in [5.41, 5.74) is 5.02. The van der Waals surface area contributed by atoms with Crippen molar-refractivity contribution in [2.45, 2.75) is 57.6 Å². The number of carbonyl (C=O) groups is 2. The summed E-state index contributed by atoms with van der Waals surface area (Å²) in [7, 11) is 1.30. The van der Waals surface area contributed by atoms with Crippen LogP contribution in [0.5, 0.6) is 0 Å². The van der Waals surface area contributed by atoms with Crippen molar-refractivity contribution in [3.8, 4) is 0 Å². The number of aliphatic hydroxyl groups is 2.